The number of nitrogens with zero attached hydrogens (tertiary/aromatic N) is 10. The van der Waals surface area contributed by atoms with Gasteiger partial charge in [-0.1, -0.05) is 276 Å². The van der Waals surface area contributed by atoms with E-state index in [4.69, 9.17) is 4.74 Å². The van der Waals surface area contributed by atoms with Crippen molar-refractivity contribution in [2.45, 2.75) is 261 Å². The predicted molar refractivity (Wildman–Crippen MR) is 572 cm³/mol. The fraction of sp³-hybridized carbons (Fsp3) is 0.385. The molecule has 21 heteroatoms. The molecule has 0 saturated heterocycles. The maximum absolute atomic E-state index is 12.3. The Morgan fingerprint density at radius 2 is 0.783 bits per heavy atom. The number of hydrogen-bond donors (Lipinski definition) is 1. The van der Waals surface area contributed by atoms with E-state index in [-0.39, 0.29) is 4.90 Å². The summed E-state index contributed by atoms with van der Waals surface area (Å²) in [6.07, 6.45) is 14.8. The Kier molecular flexibility index (Phi) is 36.8. The quantitative estimate of drug-likeness (QED) is 0.120. The number of anilines is 1. The summed E-state index contributed by atoms with van der Waals surface area (Å²) in [6, 6.07) is 86.0. The SMILES string of the molecule is C=C1Nc2ccc(S(=O)(=O)C(C)(C)C)cc2O1.CC(C)(C)CCc1cccc2ccccc12.CC(C)(C)Cc1ccc(-n2cccn2)cc1.CC(C)(C)Cc1ccc(-n2cncn2)cc1.CC(C)(C)Cc1ccc2c(c1)=NCN=2.CC(C)(C)Cc1ccc2c(c1)=NCN=2.CC(C)(C)Cc1ccc2ccccc2n1.CC(C)(C)S(=O)(=O)c1ccc2ccccc2c1.CC(C)(C)S(=O)(=O)c1ccccc1. The number of nitrogens with one attached hydrogen (secondary N) is 1. The van der Waals surface area contributed by atoms with Crippen molar-refractivity contribution in [2.24, 2.45) is 52.5 Å². The third-order valence-corrected chi connectivity index (χ3v) is 29.5. The van der Waals surface area contributed by atoms with Crippen LogP contribution in [0.1, 0.15) is 227 Å². The van der Waals surface area contributed by atoms with Crippen LogP contribution in [-0.2, 0) is 68.0 Å². The van der Waals surface area contributed by atoms with E-state index < -0.39 is 43.8 Å². The number of aromatic nitrogens is 6. The number of para-hydroxylation sites is 1. The van der Waals surface area contributed by atoms with Crippen molar-refractivity contribution in [1.82, 2.24) is 29.5 Å². The highest BCUT2D eigenvalue weighted by Crippen LogP contribution is 2.38. The number of ether oxygens (including phenoxy) is 1. The van der Waals surface area contributed by atoms with Crippen LogP contribution in [-0.4, -0.2) is 82.4 Å². The van der Waals surface area contributed by atoms with Crippen LogP contribution in [0, 0.1) is 32.5 Å². The number of sulfone groups is 3. The molecule has 18 nitrogen and oxygen atoms in total. The minimum atomic E-state index is -3.35. The molecule has 0 amide bonds. The van der Waals surface area contributed by atoms with Gasteiger partial charge in [0.05, 0.1) is 72.9 Å². The van der Waals surface area contributed by atoms with Gasteiger partial charge in [0.25, 0.3) is 0 Å². The average molecular weight is 1920 g/mol. The van der Waals surface area contributed by atoms with Gasteiger partial charge in [-0.05, 0) is 299 Å². The Hall–Kier alpha value is -11.9. The van der Waals surface area contributed by atoms with Gasteiger partial charge >= 0.3 is 0 Å². The molecule has 0 bridgehead atoms. The summed E-state index contributed by atoms with van der Waals surface area (Å²) >= 11 is 0. The van der Waals surface area contributed by atoms with Crippen LogP contribution >= 0.6 is 0 Å². The second kappa shape index (κ2) is 46.2. The topological polar surface area (TPSA) is 235 Å². The van der Waals surface area contributed by atoms with Crippen molar-refractivity contribution in [2.75, 3.05) is 18.7 Å². The third kappa shape index (κ3) is 34.3. The lowest BCUT2D eigenvalue weighted by Crippen LogP contribution is -2.27. The Morgan fingerprint density at radius 3 is 1.27 bits per heavy atom. The van der Waals surface area contributed by atoms with E-state index in [1.165, 1.54) is 68.6 Å². The summed E-state index contributed by atoms with van der Waals surface area (Å²) in [5, 5.41) is 21.4. The van der Waals surface area contributed by atoms with Gasteiger partial charge in [-0.25, -0.2) is 39.6 Å². The number of benzene rings is 11. The number of fused-ring (bicyclic) bond motifs is 6. The third-order valence-electron chi connectivity index (χ3n) is 22.0. The molecular formula is C117H149N11O7S3. The molecule has 0 atom stereocenters. The smallest absolute Gasteiger partial charge is 0.190 e. The van der Waals surface area contributed by atoms with Crippen LogP contribution in [0.5, 0.6) is 5.75 Å². The van der Waals surface area contributed by atoms with Gasteiger partial charge in [0.1, 0.15) is 26.0 Å². The number of aryl methyl sites for hydroxylation is 1. The monoisotopic (exact) mass is 1920 g/mol. The van der Waals surface area contributed by atoms with Gasteiger partial charge in [-0.2, -0.15) is 10.2 Å². The van der Waals surface area contributed by atoms with E-state index in [1.807, 2.05) is 65.5 Å². The Bertz CT molecular complexity index is 6840. The number of hydrogen-bond acceptors (Lipinski definition) is 16. The summed E-state index contributed by atoms with van der Waals surface area (Å²) in [7, 11) is -9.80. The summed E-state index contributed by atoms with van der Waals surface area (Å²) in [4.78, 5) is 26.8. The highest BCUT2D eigenvalue weighted by atomic mass is 32.2. The van der Waals surface area contributed by atoms with Gasteiger partial charge in [-0.3, -0.25) is 25.0 Å². The van der Waals surface area contributed by atoms with Crippen molar-refractivity contribution in [1.29, 1.82) is 0 Å². The molecule has 0 fully saturated rings. The first-order chi connectivity index (χ1) is 64.2. The summed E-state index contributed by atoms with van der Waals surface area (Å²) in [5.74, 6) is 0.908. The second-order valence-corrected chi connectivity index (χ2v) is 53.7. The normalized spacial score (nSPS) is 13.0. The summed E-state index contributed by atoms with van der Waals surface area (Å²) in [5.41, 5.74) is 14.2. The Morgan fingerprint density at radius 1 is 0.355 bits per heavy atom. The maximum atomic E-state index is 12.3. The van der Waals surface area contributed by atoms with Crippen LogP contribution in [0.2, 0.25) is 0 Å². The fourth-order valence-corrected chi connectivity index (χ4v) is 18.6. The van der Waals surface area contributed by atoms with Crippen LogP contribution in [0.25, 0.3) is 43.8 Å². The van der Waals surface area contributed by atoms with E-state index in [2.05, 4.69) is 328 Å². The number of pyridine rings is 1. The highest BCUT2D eigenvalue weighted by molar-refractivity contribution is 7.93. The molecule has 0 spiro atoms. The van der Waals surface area contributed by atoms with Crippen LogP contribution < -0.4 is 31.5 Å². The van der Waals surface area contributed by atoms with Crippen molar-refractivity contribution in [3.63, 3.8) is 0 Å². The maximum Gasteiger partial charge on any atom is 0.190 e. The minimum Gasteiger partial charge on any atom is -0.439 e. The van der Waals surface area contributed by atoms with Crippen molar-refractivity contribution < 1.29 is 30.0 Å². The molecule has 1 N–H and O–H groups in total. The van der Waals surface area contributed by atoms with Crippen LogP contribution in [0.15, 0.2) is 333 Å². The molecule has 17 rings (SSSR count). The largest absolute Gasteiger partial charge is 0.439 e. The minimum absolute atomic E-state index is 0.264. The molecule has 0 unspecified atom stereocenters. The van der Waals surface area contributed by atoms with Gasteiger partial charge in [0, 0.05) is 29.5 Å². The van der Waals surface area contributed by atoms with Gasteiger partial charge in [-0.15, -0.1) is 0 Å². The molecular weight excluding hydrogens is 1770 g/mol. The standard InChI is InChI=1S/C16H20.C14H18N2.C14H17N.C14H16O2S.C13H17N3.2C12H16N2.C12H15NO3S.C10H14O2S/c1-16(2,3)12-11-14-9-6-8-13-7-4-5-10-15(13)14;1-14(2,3)11-12-5-7-13(8-6-12)16-10-4-9-15-16;1-14(2,3)10-12-9-8-11-6-4-5-7-13(11)15-12;1-14(2,3)17(15,16)13-9-8-11-6-4-5-7-12(11)10-13;1-13(2,3)8-11-4-6-12(7-5-11)16-10-14-9-15-16;2*1-12(2,3)7-9-4-5-10-11(6-9)14-8-13-10;1-8-13-10-6-5-9(7-11(10)16-8)17(14,15)12(2,3)4;1-10(2,3)13(11,12)9-7-5-4-6-8-9/h4-10H,11-12H2,1-3H3;4-10H,11H2,1-3H3;4-9H,10H2,1-3H3;4-10H,1-3H3;4-7,9-10H,8H2,1-3H3;2*4-6H,7-8H2,1-3H3;5-7,13H,1H2,2-4H3;4-8H,1-3H3. The van der Waals surface area contributed by atoms with Crippen LogP contribution in [0.4, 0.5) is 5.69 Å². The zero-order valence-corrected chi connectivity index (χ0v) is 89.2. The Labute approximate surface area is 823 Å². The predicted octanol–water partition coefficient (Wildman–Crippen LogP) is 26.1. The first-order valence-corrected chi connectivity index (χ1v) is 52.0. The molecule has 6 heterocycles. The van der Waals surface area contributed by atoms with E-state index in [1.54, 1.807) is 134 Å². The molecule has 732 valence electrons. The van der Waals surface area contributed by atoms with Gasteiger partial charge < -0.3 is 10.1 Å². The first-order valence-electron chi connectivity index (χ1n) is 47.5. The van der Waals surface area contributed by atoms with E-state index in [0.717, 1.165) is 86.9 Å². The van der Waals surface area contributed by atoms with Crippen molar-refractivity contribution in [3.05, 3.63) is 353 Å². The lowest BCUT2D eigenvalue weighted by Gasteiger charge is -2.19. The molecule has 0 radical (unpaired) electrons. The molecule has 11 aromatic carbocycles. The molecule has 3 aliphatic rings. The van der Waals surface area contributed by atoms with Crippen molar-refractivity contribution >= 4 is 67.6 Å². The second-order valence-electron chi connectivity index (χ2n) is 45.5. The summed E-state index contributed by atoms with van der Waals surface area (Å²) < 4.78 is 79.4. The molecule has 0 saturated carbocycles. The average Bonchev–Trinajstić information content (AvgIpc) is 1.70. The van der Waals surface area contributed by atoms with E-state index >= 15 is 0 Å². The highest BCUT2D eigenvalue weighted by Gasteiger charge is 2.34. The van der Waals surface area contributed by atoms with Crippen LogP contribution in [0.3, 0.4) is 0 Å². The Balaban J connectivity index is 0.000000174. The first kappa shape index (κ1) is 110. The lowest BCUT2D eigenvalue weighted by atomic mass is 9.87. The molecule has 138 heavy (non-hydrogen) atoms. The number of rotatable bonds is 12. The zero-order valence-electron chi connectivity index (χ0n) is 86.8. The lowest BCUT2D eigenvalue weighted by molar-refractivity contribution is 0.378. The van der Waals surface area contributed by atoms with Crippen molar-refractivity contribution in [3.8, 4) is 17.1 Å². The van der Waals surface area contributed by atoms with E-state index in [0.29, 0.717) is 67.3 Å². The molecule has 3 aromatic heterocycles. The van der Waals surface area contributed by atoms with Gasteiger partial charge in [0.15, 0.2) is 41.1 Å². The fourth-order valence-electron chi connectivity index (χ4n) is 14.9. The van der Waals surface area contributed by atoms with Gasteiger partial charge in [0.2, 0.25) is 0 Å². The zero-order chi connectivity index (χ0) is 102. The molecule has 0 aliphatic carbocycles. The molecule has 3 aliphatic heterocycles. The van der Waals surface area contributed by atoms with E-state index in [9.17, 15) is 25.3 Å². The summed E-state index contributed by atoms with van der Waals surface area (Å²) in [6.45, 7) is 60.8. The molecule has 14 aromatic rings.